The van der Waals surface area contributed by atoms with Gasteiger partial charge >= 0.3 is 0 Å². The van der Waals surface area contributed by atoms with E-state index in [9.17, 15) is 0 Å². The predicted molar refractivity (Wildman–Crippen MR) is 19.1 cm³/mol. The molecule has 0 aromatic carbocycles. The summed E-state index contributed by atoms with van der Waals surface area (Å²) in [5.41, 5.74) is 2.39. The minimum atomic E-state index is 0.747. The summed E-state index contributed by atoms with van der Waals surface area (Å²) in [5, 5.41) is 0. The van der Waals surface area contributed by atoms with E-state index in [1.807, 2.05) is 6.92 Å². The van der Waals surface area contributed by atoms with Gasteiger partial charge in [-0.2, -0.15) is 0 Å². The van der Waals surface area contributed by atoms with Crippen LogP contribution in [0.15, 0.2) is 0 Å². The molecule has 2 nitrogen and oxygen atoms in total. The topological polar surface area (TPSA) is 21.3 Å². The summed E-state index contributed by atoms with van der Waals surface area (Å²) in [6.45, 7) is 2.64. The fraction of sp³-hybridized carbons (Fsp3) is 0.667. The Morgan fingerprint density at radius 1 is 2.00 bits per heavy atom. The Hall–Kier alpha value is -0.0800. The van der Waals surface area contributed by atoms with Gasteiger partial charge in [-0.1, -0.05) is 6.92 Å². The van der Waals surface area contributed by atoms with Crippen LogP contribution in [0.5, 0.6) is 0 Å². The van der Waals surface area contributed by atoms with Crippen molar-refractivity contribution < 1.29 is 4.84 Å². The maximum Gasteiger partial charge on any atom is 0.141 e. The molecule has 0 saturated heterocycles. The van der Waals surface area contributed by atoms with Gasteiger partial charge in [0.2, 0.25) is 0 Å². The highest BCUT2D eigenvalue weighted by molar-refractivity contribution is 4.10. The molecule has 0 heterocycles. The fourth-order valence-electron chi connectivity index (χ4n) is 0.0833. The molecule has 0 atom stereocenters. The summed E-state index contributed by atoms with van der Waals surface area (Å²) in [4.78, 5) is 3.94. The van der Waals surface area contributed by atoms with Crippen molar-refractivity contribution in [3.63, 3.8) is 0 Å². The molecule has 0 fully saturated rings. The van der Waals surface area contributed by atoms with Gasteiger partial charge in [-0.05, 0) is 0 Å². The highest BCUT2D eigenvalue weighted by Crippen LogP contribution is 1.50. The van der Waals surface area contributed by atoms with Gasteiger partial charge in [0.15, 0.2) is 0 Å². The minimum Gasteiger partial charge on any atom is -0.293 e. The number of nitrogens with one attached hydrogen (secondary N) is 1. The largest absolute Gasteiger partial charge is 0.293 e. The van der Waals surface area contributed by atoms with Crippen LogP contribution in [0.3, 0.4) is 0 Å². The molecule has 0 aromatic heterocycles. The van der Waals surface area contributed by atoms with Crippen molar-refractivity contribution in [3.05, 3.63) is 7.11 Å². The Bertz CT molecular complexity index is 14.4. The first-order chi connectivity index (χ1) is 2.41. The standard InChI is InChI=1S/C3H7NO/c1-3-4-5-2/h2,4H,3H2,1H3. The zero-order chi connectivity index (χ0) is 4.12. The van der Waals surface area contributed by atoms with Gasteiger partial charge in [0, 0.05) is 6.54 Å². The van der Waals surface area contributed by atoms with Crippen molar-refractivity contribution in [1.29, 1.82) is 0 Å². The number of hydrogen-bond donors (Lipinski definition) is 1. The van der Waals surface area contributed by atoms with Crippen LogP contribution in [-0.4, -0.2) is 6.54 Å². The molecule has 0 saturated carbocycles. The molecule has 0 aromatic rings. The maximum atomic E-state index is 4.53. The summed E-state index contributed by atoms with van der Waals surface area (Å²) in [6.07, 6.45) is 0. The van der Waals surface area contributed by atoms with Crippen LogP contribution in [0, 0.1) is 7.11 Å². The van der Waals surface area contributed by atoms with Gasteiger partial charge in [-0.3, -0.25) is 4.84 Å². The first-order valence-corrected chi connectivity index (χ1v) is 1.50. The van der Waals surface area contributed by atoms with E-state index in [1.165, 1.54) is 0 Å². The van der Waals surface area contributed by atoms with E-state index < -0.39 is 0 Å². The highest BCUT2D eigenvalue weighted by atomic mass is 16.6. The molecule has 1 N–H and O–H groups in total. The maximum absolute atomic E-state index is 4.53. The molecule has 0 aliphatic heterocycles. The highest BCUT2D eigenvalue weighted by Gasteiger charge is 1.62. The molecule has 0 aliphatic rings. The van der Waals surface area contributed by atoms with Crippen molar-refractivity contribution in [3.8, 4) is 0 Å². The third-order valence-corrected chi connectivity index (χ3v) is 0.228. The summed E-state index contributed by atoms with van der Waals surface area (Å²) in [6, 6.07) is 0. The lowest BCUT2D eigenvalue weighted by atomic mass is 10.8. The van der Waals surface area contributed by atoms with Crippen molar-refractivity contribution in [2.75, 3.05) is 6.54 Å². The number of hydrogen-bond acceptors (Lipinski definition) is 2. The van der Waals surface area contributed by atoms with Crippen LogP contribution in [0.2, 0.25) is 0 Å². The van der Waals surface area contributed by atoms with E-state index in [-0.39, 0.29) is 0 Å². The third kappa shape index (κ3) is 3.92. The smallest absolute Gasteiger partial charge is 0.141 e. The second-order valence-corrected chi connectivity index (χ2v) is 0.616. The molecule has 0 bridgehead atoms. The molecule has 0 aliphatic carbocycles. The van der Waals surface area contributed by atoms with E-state index in [0.29, 0.717) is 0 Å². The molecule has 0 unspecified atom stereocenters. The molecule has 0 spiro atoms. The monoisotopic (exact) mass is 73.1 g/mol. The van der Waals surface area contributed by atoms with Crippen LogP contribution in [0.1, 0.15) is 6.92 Å². The lowest BCUT2D eigenvalue weighted by Crippen LogP contribution is -2.07. The summed E-state index contributed by atoms with van der Waals surface area (Å²) >= 11 is 0. The minimum absolute atomic E-state index is 0.747. The van der Waals surface area contributed by atoms with Crippen molar-refractivity contribution in [1.82, 2.24) is 5.48 Å². The SMILES string of the molecule is [CH]ONCC. The lowest BCUT2D eigenvalue weighted by molar-refractivity contribution is 0.133. The van der Waals surface area contributed by atoms with Gasteiger partial charge in [0.05, 0.1) is 0 Å². The summed E-state index contributed by atoms with van der Waals surface area (Å²) in [7, 11) is 4.53. The molecule has 30 valence electrons. The first-order valence-electron chi connectivity index (χ1n) is 1.50. The van der Waals surface area contributed by atoms with Gasteiger partial charge < -0.3 is 0 Å². The van der Waals surface area contributed by atoms with Crippen molar-refractivity contribution in [2.24, 2.45) is 0 Å². The average molecular weight is 73.1 g/mol. The predicted octanol–water partition coefficient (Wildman–Crippen LogP) is 0.196. The zero-order valence-electron chi connectivity index (χ0n) is 3.19. The van der Waals surface area contributed by atoms with E-state index in [1.54, 1.807) is 0 Å². The van der Waals surface area contributed by atoms with Gasteiger partial charge in [-0.25, -0.2) is 5.48 Å². The summed E-state index contributed by atoms with van der Waals surface area (Å²) < 4.78 is 0. The van der Waals surface area contributed by atoms with Gasteiger partial charge in [0.1, 0.15) is 7.11 Å². The molecule has 5 heavy (non-hydrogen) atoms. The number of rotatable bonds is 2. The second-order valence-electron chi connectivity index (χ2n) is 0.616. The van der Waals surface area contributed by atoms with Gasteiger partial charge in [-0.15, -0.1) is 0 Å². The molecular weight excluding hydrogens is 66.0 g/mol. The van der Waals surface area contributed by atoms with E-state index >= 15 is 0 Å². The van der Waals surface area contributed by atoms with Gasteiger partial charge in [0.25, 0.3) is 0 Å². The average Bonchev–Trinajstić information content (AvgIpc) is 1.41. The third-order valence-electron chi connectivity index (χ3n) is 0.228. The Kier molecular flexibility index (Phi) is 3.86. The van der Waals surface area contributed by atoms with Crippen molar-refractivity contribution >= 4 is 0 Å². The molecule has 2 heteroatoms. The Balaban J connectivity index is 2.19. The molecular formula is C3H7NO. The van der Waals surface area contributed by atoms with Crippen LogP contribution in [0.25, 0.3) is 0 Å². The van der Waals surface area contributed by atoms with Crippen LogP contribution in [0.4, 0.5) is 0 Å². The Labute approximate surface area is 32.1 Å². The van der Waals surface area contributed by atoms with Crippen LogP contribution >= 0.6 is 0 Å². The second kappa shape index (κ2) is 3.92. The Morgan fingerprint density at radius 2 is 2.60 bits per heavy atom. The molecule has 0 rings (SSSR count). The van der Waals surface area contributed by atoms with Crippen LogP contribution < -0.4 is 5.48 Å². The molecule has 0 amide bonds. The van der Waals surface area contributed by atoms with Crippen LogP contribution in [-0.2, 0) is 4.84 Å². The lowest BCUT2D eigenvalue weighted by Gasteiger charge is -1.87. The number of hydroxylamine groups is 1. The normalized spacial score (nSPS) is 8.40. The fourth-order valence-corrected chi connectivity index (χ4v) is 0.0833. The van der Waals surface area contributed by atoms with Crippen molar-refractivity contribution in [2.45, 2.75) is 6.92 Å². The quantitative estimate of drug-likeness (QED) is 0.471. The zero-order valence-corrected chi connectivity index (χ0v) is 3.19. The Morgan fingerprint density at radius 3 is 2.60 bits per heavy atom. The van der Waals surface area contributed by atoms with E-state index in [2.05, 4.69) is 17.4 Å². The first kappa shape index (κ1) is 4.92. The summed E-state index contributed by atoms with van der Waals surface area (Å²) in [5.74, 6) is 0. The molecule has 2 radical (unpaired) electrons. The van der Waals surface area contributed by atoms with E-state index in [4.69, 9.17) is 0 Å². The van der Waals surface area contributed by atoms with E-state index in [0.717, 1.165) is 6.54 Å².